The molecule has 0 bridgehead atoms. The first-order valence-corrected chi connectivity index (χ1v) is 4.54. The molecule has 0 saturated heterocycles. The minimum atomic E-state index is -0.464. The van der Waals surface area contributed by atoms with Crippen molar-refractivity contribution in [3.8, 4) is 5.69 Å². The Morgan fingerprint density at radius 2 is 2.14 bits per heavy atom. The van der Waals surface area contributed by atoms with Crippen molar-refractivity contribution in [2.45, 2.75) is 13.0 Å². The zero-order chi connectivity index (χ0) is 9.97. The van der Waals surface area contributed by atoms with Gasteiger partial charge in [0.15, 0.2) is 0 Å². The molecule has 0 aliphatic rings. The molecule has 0 aliphatic heterocycles. The smallest absolute Gasteiger partial charge is 0.0991 e. The zero-order valence-electron chi connectivity index (χ0n) is 7.96. The van der Waals surface area contributed by atoms with E-state index in [9.17, 15) is 5.11 Å². The van der Waals surface area contributed by atoms with Gasteiger partial charge in [0.2, 0.25) is 0 Å². The third kappa shape index (κ3) is 1.54. The molecule has 1 N–H and O–H groups in total. The number of aromatic nitrogens is 2. The maximum absolute atomic E-state index is 9.57. The first-order chi connectivity index (χ1) is 6.79. The molecule has 1 atom stereocenters. The van der Waals surface area contributed by atoms with Gasteiger partial charge in [-0.1, -0.05) is 18.2 Å². The van der Waals surface area contributed by atoms with Gasteiger partial charge < -0.3 is 9.67 Å². The molecule has 0 unspecified atom stereocenters. The summed E-state index contributed by atoms with van der Waals surface area (Å²) in [5.74, 6) is 0. The molecule has 72 valence electrons. The van der Waals surface area contributed by atoms with Crippen LogP contribution in [0.2, 0.25) is 0 Å². The average Bonchev–Trinajstić information content (AvgIpc) is 2.70. The van der Waals surface area contributed by atoms with E-state index < -0.39 is 6.10 Å². The molecule has 0 fully saturated rings. The van der Waals surface area contributed by atoms with Crippen molar-refractivity contribution in [2.75, 3.05) is 0 Å². The van der Waals surface area contributed by atoms with Crippen molar-refractivity contribution in [2.24, 2.45) is 0 Å². The van der Waals surface area contributed by atoms with Crippen LogP contribution in [0.25, 0.3) is 5.69 Å². The number of benzene rings is 1. The van der Waals surface area contributed by atoms with Crippen LogP contribution in [-0.2, 0) is 0 Å². The number of hydrogen-bond acceptors (Lipinski definition) is 2. The van der Waals surface area contributed by atoms with E-state index >= 15 is 0 Å². The predicted molar refractivity (Wildman–Crippen MR) is 54.2 cm³/mol. The lowest BCUT2D eigenvalue weighted by Gasteiger charge is -2.11. The van der Waals surface area contributed by atoms with E-state index in [0.29, 0.717) is 0 Å². The van der Waals surface area contributed by atoms with Crippen molar-refractivity contribution in [3.05, 3.63) is 48.5 Å². The summed E-state index contributed by atoms with van der Waals surface area (Å²) in [6.07, 6.45) is 4.84. The fraction of sp³-hybridized carbons (Fsp3) is 0.182. The number of aliphatic hydroxyl groups is 1. The van der Waals surface area contributed by atoms with Crippen LogP contribution < -0.4 is 0 Å². The van der Waals surface area contributed by atoms with Gasteiger partial charge in [-0.3, -0.25) is 0 Å². The highest BCUT2D eigenvalue weighted by molar-refractivity contribution is 5.41. The Balaban J connectivity index is 2.53. The molecule has 1 aromatic heterocycles. The van der Waals surface area contributed by atoms with E-state index in [1.165, 1.54) is 0 Å². The minimum absolute atomic E-state index is 0.464. The summed E-state index contributed by atoms with van der Waals surface area (Å²) in [6, 6.07) is 7.74. The summed E-state index contributed by atoms with van der Waals surface area (Å²) < 4.78 is 1.89. The summed E-state index contributed by atoms with van der Waals surface area (Å²) >= 11 is 0. The van der Waals surface area contributed by atoms with Gasteiger partial charge in [0.1, 0.15) is 0 Å². The van der Waals surface area contributed by atoms with Gasteiger partial charge in [0.05, 0.1) is 18.1 Å². The fourth-order valence-corrected chi connectivity index (χ4v) is 1.48. The number of imidazole rings is 1. The molecule has 0 aliphatic carbocycles. The first kappa shape index (κ1) is 8.97. The predicted octanol–water partition coefficient (Wildman–Crippen LogP) is 1.93. The highest BCUT2D eigenvalue weighted by Crippen LogP contribution is 2.20. The maximum Gasteiger partial charge on any atom is 0.0991 e. The molecule has 0 spiro atoms. The fourth-order valence-electron chi connectivity index (χ4n) is 1.48. The lowest BCUT2D eigenvalue weighted by molar-refractivity contribution is 0.199. The van der Waals surface area contributed by atoms with Crippen molar-refractivity contribution in [1.29, 1.82) is 0 Å². The molecule has 0 saturated carbocycles. The second kappa shape index (κ2) is 3.64. The number of aliphatic hydroxyl groups excluding tert-OH is 1. The third-order valence-corrected chi connectivity index (χ3v) is 2.17. The monoisotopic (exact) mass is 188 g/mol. The van der Waals surface area contributed by atoms with Crippen molar-refractivity contribution >= 4 is 0 Å². The van der Waals surface area contributed by atoms with Crippen LogP contribution in [0.15, 0.2) is 43.0 Å². The van der Waals surface area contributed by atoms with E-state index in [1.807, 2.05) is 35.0 Å². The number of hydrogen-bond donors (Lipinski definition) is 1. The SMILES string of the molecule is C[C@H](O)c1ccccc1-n1ccnc1. The Bertz CT molecular complexity index is 407. The Morgan fingerprint density at radius 3 is 2.79 bits per heavy atom. The zero-order valence-corrected chi connectivity index (χ0v) is 7.96. The van der Waals surface area contributed by atoms with Crippen LogP contribution >= 0.6 is 0 Å². The lowest BCUT2D eigenvalue weighted by Crippen LogP contribution is -2.00. The summed E-state index contributed by atoms with van der Waals surface area (Å²) in [5, 5.41) is 9.57. The van der Waals surface area contributed by atoms with Gasteiger partial charge in [-0.05, 0) is 13.0 Å². The molecular formula is C11H12N2O. The van der Waals surface area contributed by atoms with Gasteiger partial charge in [-0.2, -0.15) is 0 Å². The minimum Gasteiger partial charge on any atom is -0.389 e. The van der Waals surface area contributed by atoms with Crippen molar-refractivity contribution in [1.82, 2.24) is 9.55 Å². The first-order valence-electron chi connectivity index (χ1n) is 4.54. The average molecular weight is 188 g/mol. The van der Waals surface area contributed by atoms with Gasteiger partial charge in [-0.25, -0.2) is 4.98 Å². The van der Waals surface area contributed by atoms with Crippen LogP contribution in [0.5, 0.6) is 0 Å². The normalized spacial score (nSPS) is 12.7. The summed E-state index contributed by atoms with van der Waals surface area (Å²) in [6.45, 7) is 1.76. The van der Waals surface area contributed by atoms with Crippen LogP contribution in [0.4, 0.5) is 0 Å². The van der Waals surface area contributed by atoms with Crippen LogP contribution in [0.3, 0.4) is 0 Å². The van der Waals surface area contributed by atoms with Crippen LogP contribution in [0, 0.1) is 0 Å². The third-order valence-electron chi connectivity index (χ3n) is 2.17. The lowest BCUT2D eigenvalue weighted by atomic mass is 10.1. The molecule has 2 aromatic rings. The molecule has 1 aromatic carbocycles. The quantitative estimate of drug-likeness (QED) is 0.782. The summed E-state index contributed by atoms with van der Waals surface area (Å²) in [4.78, 5) is 3.98. The molecule has 3 heteroatoms. The van der Waals surface area contributed by atoms with Gasteiger partial charge >= 0.3 is 0 Å². The summed E-state index contributed by atoms with van der Waals surface area (Å²) in [7, 11) is 0. The van der Waals surface area contributed by atoms with E-state index in [-0.39, 0.29) is 0 Å². The van der Waals surface area contributed by atoms with Gasteiger partial charge in [0, 0.05) is 18.0 Å². The van der Waals surface area contributed by atoms with Crippen LogP contribution in [-0.4, -0.2) is 14.7 Å². The van der Waals surface area contributed by atoms with Crippen molar-refractivity contribution in [3.63, 3.8) is 0 Å². The topological polar surface area (TPSA) is 38.0 Å². The molecule has 3 nitrogen and oxygen atoms in total. The molecular weight excluding hydrogens is 176 g/mol. The van der Waals surface area contributed by atoms with Crippen LogP contribution in [0.1, 0.15) is 18.6 Å². The number of nitrogens with zero attached hydrogens (tertiary/aromatic N) is 2. The van der Waals surface area contributed by atoms with Gasteiger partial charge in [0.25, 0.3) is 0 Å². The Morgan fingerprint density at radius 1 is 1.36 bits per heavy atom. The maximum atomic E-state index is 9.57. The highest BCUT2D eigenvalue weighted by Gasteiger charge is 2.07. The number of rotatable bonds is 2. The van der Waals surface area contributed by atoms with E-state index in [2.05, 4.69) is 4.98 Å². The molecule has 0 amide bonds. The summed E-state index contributed by atoms with van der Waals surface area (Å²) in [5.41, 5.74) is 1.88. The molecule has 14 heavy (non-hydrogen) atoms. The second-order valence-electron chi connectivity index (χ2n) is 3.20. The van der Waals surface area contributed by atoms with E-state index in [4.69, 9.17) is 0 Å². The Labute approximate surface area is 82.7 Å². The Kier molecular flexibility index (Phi) is 2.33. The second-order valence-corrected chi connectivity index (χ2v) is 3.20. The molecule has 0 radical (unpaired) electrons. The molecule has 2 rings (SSSR count). The van der Waals surface area contributed by atoms with Gasteiger partial charge in [-0.15, -0.1) is 0 Å². The largest absolute Gasteiger partial charge is 0.389 e. The van der Waals surface area contributed by atoms with E-state index in [0.717, 1.165) is 11.3 Å². The highest BCUT2D eigenvalue weighted by atomic mass is 16.3. The van der Waals surface area contributed by atoms with Crippen molar-refractivity contribution < 1.29 is 5.11 Å². The van der Waals surface area contributed by atoms with E-state index in [1.54, 1.807) is 19.4 Å². The standard InChI is InChI=1S/C11H12N2O/c1-9(14)10-4-2-3-5-11(10)13-7-6-12-8-13/h2-9,14H,1H3/t9-/m0/s1. The number of para-hydroxylation sites is 1. The Hall–Kier alpha value is -1.61. The molecule has 1 heterocycles.